The minimum Gasteiger partial charge on any atom is -0.416 e. The van der Waals surface area contributed by atoms with Gasteiger partial charge >= 0.3 is 11.9 Å². The number of ether oxygens (including phenoxy) is 2. The summed E-state index contributed by atoms with van der Waals surface area (Å²) in [5.41, 5.74) is 2.46. The number of hydrogen-bond acceptors (Lipinski definition) is 7. The molecule has 0 bridgehead atoms. The van der Waals surface area contributed by atoms with Crippen LogP contribution in [0, 0.1) is 5.82 Å². The van der Waals surface area contributed by atoms with Crippen molar-refractivity contribution in [2.75, 3.05) is 18.4 Å². The number of fused-ring (bicyclic) bond motifs is 2. The Labute approximate surface area is 226 Å². The lowest BCUT2D eigenvalue weighted by Gasteiger charge is -2.32. The Hall–Kier alpha value is -3.17. The molecule has 0 aliphatic carbocycles. The fourth-order valence-corrected chi connectivity index (χ4v) is 5.04. The molecular weight excluding hydrogens is 513 g/mol. The normalized spacial score (nSPS) is 17.5. The van der Waals surface area contributed by atoms with Gasteiger partial charge < -0.3 is 25.4 Å². The van der Waals surface area contributed by atoms with Gasteiger partial charge in [-0.05, 0) is 61.7 Å². The van der Waals surface area contributed by atoms with E-state index in [1.54, 1.807) is 18.2 Å². The van der Waals surface area contributed by atoms with E-state index in [0.29, 0.717) is 34.8 Å². The van der Waals surface area contributed by atoms with Gasteiger partial charge in [-0.25, -0.2) is 4.39 Å². The van der Waals surface area contributed by atoms with Gasteiger partial charge in [0.25, 0.3) is 11.7 Å². The summed E-state index contributed by atoms with van der Waals surface area (Å²) in [6.45, 7) is 4.86. The number of anilines is 1. The van der Waals surface area contributed by atoms with Crippen LogP contribution in [0.4, 0.5) is 10.1 Å². The van der Waals surface area contributed by atoms with Crippen LogP contribution in [-0.2, 0) is 37.8 Å². The van der Waals surface area contributed by atoms with Crippen LogP contribution in [0.15, 0.2) is 30.3 Å². The summed E-state index contributed by atoms with van der Waals surface area (Å²) in [5, 5.41) is 9.72. The van der Waals surface area contributed by atoms with E-state index in [1.807, 2.05) is 6.92 Å². The number of carbonyl (C=O) groups excluding carboxylic acids is 3. The van der Waals surface area contributed by atoms with Crippen molar-refractivity contribution in [2.45, 2.75) is 70.7 Å². The van der Waals surface area contributed by atoms with Gasteiger partial charge in [0.15, 0.2) is 0 Å². The van der Waals surface area contributed by atoms with Crippen molar-refractivity contribution >= 4 is 35.1 Å². The zero-order chi connectivity index (χ0) is 27.3. The Morgan fingerprint density at radius 3 is 2.58 bits per heavy atom. The number of carbonyl (C=O) groups is 3. The number of amides is 1. The molecule has 38 heavy (non-hydrogen) atoms. The highest BCUT2D eigenvalue weighted by molar-refractivity contribution is 6.33. The lowest BCUT2D eigenvalue weighted by Crippen LogP contribution is -2.43. The average molecular weight is 546 g/mol. The second-order valence-electron chi connectivity index (χ2n) is 9.76. The highest BCUT2D eigenvalue weighted by Crippen LogP contribution is 2.40. The van der Waals surface area contributed by atoms with E-state index >= 15 is 0 Å². The predicted octanol–water partition coefficient (Wildman–Crippen LogP) is 4.58. The van der Waals surface area contributed by atoms with Crippen LogP contribution < -0.4 is 16.0 Å². The Balaban J connectivity index is 1.55. The van der Waals surface area contributed by atoms with Gasteiger partial charge in [0.1, 0.15) is 5.82 Å². The summed E-state index contributed by atoms with van der Waals surface area (Å²) < 4.78 is 26.2. The zero-order valence-corrected chi connectivity index (χ0v) is 22.4. The maximum absolute atomic E-state index is 14.9. The fourth-order valence-electron chi connectivity index (χ4n) is 4.79. The number of rotatable bonds is 8. The Kier molecular flexibility index (Phi) is 8.89. The molecule has 0 radical (unpaired) electrons. The first-order chi connectivity index (χ1) is 18.2. The van der Waals surface area contributed by atoms with Gasteiger partial charge in [0, 0.05) is 18.2 Å². The molecule has 4 rings (SSSR count). The van der Waals surface area contributed by atoms with E-state index in [2.05, 4.69) is 22.9 Å². The lowest BCUT2D eigenvalue weighted by molar-refractivity contribution is -0.225. The van der Waals surface area contributed by atoms with E-state index in [0.717, 1.165) is 24.8 Å². The highest BCUT2D eigenvalue weighted by atomic mass is 35.5. The van der Waals surface area contributed by atoms with Gasteiger partial charge in [0.2, 0.25) is 0 Å². The molecule has 1 saturated heterocycles. The lowest BCUT2D eigenvalue weighted by atomic mass is 9.96. The van der Waals surface area contributed by atoms with Crippen LogP contribution in [0.1, 0.15) is 73.0 Å². The first-order valence-electron chi connectivity index (χ1n) is 13.0. The van der Waals surface area contributed by atoms with Crippen LogP contribution in [0.25, 0.3) is 0 Å². The van der Waals surface area contributed by atoms with Gasteiger partial charge in [-0.1, -0.05) is 37.4 Å². The molecule has 2 aliphatic heterocycles. The van der Waals surface area contributed by atoms with Crippen molar-refractivity contribution in [3.05, 3.63) is 63.4 Å². The fraction of sp³-hybridized carbons (Fsp3) is 0.464. The van der Waals surface area contributed by atoms with Crippen molar-refractivity contribution in [1.29, 1.82) is 0 Å². The van der Waals surface area contributed by atoms with Crippen molar-refractivity contribution in [3.63, 3.8) is 0 Å². The third-order valence-electron chi connectivity index (χ3n) is 6.79. The van der Waals surface area contributed by atoms with Crippen molar-refractivity contribution < 1.29 is 28.2 Å². The van der Waals surface area contributed by atoms with Gasteiger partial charge in [-0.2, -0.15) is 0 Å². The molecule has 2 aromatic carbocycles. The minimum absolute atomic E-state index is 0.00581. The monoisotopic (exact) mass is 545 g/mol. The molecule has 1 amide bonds. The van der Waals surface area contributed by atoms with E-state index in [9.17, 15) is 18.8 Å². The molecule has 8 nitrogen and oxygen atoms in total. The van der Waals surface area contributed by atoms with Crippen molar-refractivity contribution in [2.24, 2.45) is 0 Å². The summed E-state index contributed by atoms with van der Waals surface area (Å²) in [4.78, 5) is 37.1. The molecule has 10 heteroatoms. The number of benzene rings is 2. The number of unbranched alkanes of at least 4 members (excludes halogenated alkanes) is 1. The largest absolute Gasteiger partial charge is 0.416 e. The molecule has 1 atom stereocenters. The number of nitrogens with one attached hydrogen (secondary N) is 3. The minimum atomic E-state index is -1.59. The second-order valence-corrected chi connectivity index (χ2v) is 10.2. The zero-order valence-electron chi connectivity index (χ0n) is 21.6. The predicted molar refractivity (Wildman–Crippen MR) is 141 cm³/mol. The summed E-state index contributed by atoms with van der Waals surface area (Å²) >= 11 is 6.55. The SMILES string of the molecule is CCCCC(C)NC(=O)c1ccc(CNc2c(Cl)ccc3c2CCNCC32OC(=O)CCC(=O)O2)cc1F. The standard InChI is InChI=1S/C28H33ClFN3O5/c1-3-4-5-17(2)33-27(36)20-7-6-18(14-23(20)30)15-32-26-19-12-13-31-16-28(21(19)8-9-22(26)29)37-24(34)10-11-25(35)38-28/h6-9,14,17,31-32H,3-5,10-13,15-16H2,1-2H3,(H,33,36). The molecule has 3 N–H and O–H groups in total. The topological polar surface area (TPSA) is 106 Å². The van der Waals surface area contributed by atoms with Crippen LogP contribution in [-0.4, -0.2) is 37.0 Å². The van der Waals surface area contributed by atoms with Crippen molar-refractivity contribution in [3.8, 4) is 0 Å². The molecule has 2 heterocycles. The van der Waals surface area contributed by atoms with Crippen LogP contribution >= 0.6 is 11.6 Å². The Bertz CT molecular complexity index is 1200. The maximum Gasteiger partial charge on any atom is 0.309 e. The second kappa shape index (κ2) is 12.1. The van der Waals surface area contributed by atoms with Crippen LogP contribution in [0.5, 0.6) is 0 Å². The van der Waals surface area contributed by atoms with E-state index in [-0.39, 0.29) is 37.5 Å². The average Bonchev–Trinajstić information content (AvgIpc) is 3.14. The molecule has 2 aliphatic rings. The molecule has 0 saturated carbocycles. The molecule has 204 valence electrons. The maximum atomic E-state index is 14.9. The number of esters is 2. The molecule has 0 aromatic heterocycles. The molecular formula is C28H33ClFN3O5. The first-order valence-corrected chi connectivity index (χ1v) is 13.4. The Morgan fingerprint density at radius 1 is 1.16 bits per heavy atom. The van der Waals surface area contributed by atoms with Crippen molar-refractivity contribution in [1.82, 2.24) is 10.6 Å². The summed E-state index contributed by atoms with van der Waals surface area (Å²) in [7, 11) is 0. The van der Waals surface area contributed by atoms with E-state index in [1.165, 1.54) is 12.1 Å². The molecule has 1 spiro atoms. The van der Waals surface area contributed by atoms with Crippen LogP contribution in [0.3, 0.4) is 0 Å². The van der Waals surface area contributed by atoms with E-state index in [4.69, 9.17) is 21.1 Å². The summed E-state index contributed by atoms with van der Waals surface area (Å²) in [6, 6.07) is 7.81. The third kappa shape index (κ3) is 6.27. The molecule has 1 unspecified atom stereocenters. The number of hydrogen-bond donors (Lipinski definition) is 3. The Morgan fingerprint density at radius 2 is 1.89 bits per heavy atom. The summed E-state index contributed by atoms with van der Waals surface area (Å²) in [6.07, 6.45) is 3.28. The highest BCUT2D eigenvalue weighted by Gasteiger charge is 2.46. The summed E-state index contributed by atoms with van der Waals surface area (Å²) in [5.74, 6) is -3.67. The van der Waals surface area contributed by atoms with Gasteiger partial charge in [0.05, 0.1) is 35.7 Å². The van der Waals surface area contributed by atoms with E-state index < -0.39 is 29.5 Å². The molecule has 2 aromatic rings. The first kappa shape index (κ1) is 27.9. The smallest absolute Gasteiger partial charge is 0.309 e. The third-order valence-corrected chi connectivity index (χ3v) is 7.10. The molecule has 1 fully saturated rings. The van der Waals surface area contributed by atoms with Gasteiger partial charge in [-0.3, -0.25) is 14.4 Å². The van der Waals surface area contributed by atoms with Gasteiger partial charge in [-0.15, -0.1) is 0 Å². The van der Waals surface area contributed by atoms with Crippen LogP contribution in [0.2, 0.25) is 5.02 Å². The number of halogens is 2. The quantitative estimate of drug-likeness (QED) is 0.417.